The molecule has 0 fully saturated rings. The van der Waals surface area contributed by atoms with E-state index in [4.69, 9.17) is 24.9 Å². The lowest BCUT2D eigenvalue weighted by Gasteiger charge is -2.24. The third kappa shape index (κ3) is 10.7. The zero-order valence-electron chi connectivity index (χ0n) is 62.3. The van der Waals surface area contributed by atoms with Gasteiger partial charge < -0.3 is 9.13 Å². The van der Waals surface area contributed by atoms with Crippen molar-refractivity contribution in [2.24, 2.45) is 0 Å². The summed E-state index contributed by atoms with van der Waals surface area (Å²) in [6, 6.07) is 132. The van der Waals surface area contributed by atoms with Crippen LogP contribution in [0.15, 0.2) is 370 Å². The zero-order chi connectivity index (χ0) is 74.8. The minimum absolute atomic E-state index is 0.186. The Morgan fingerprint density at radius 2 is 0.509 bits per heavy atom. The molecule has 0 atom stereocenters. The van der Waals surface area contributed by atoms with E-state index in [9.17, 15) is 0 Å². The highest BCUT2D eigenvalue weighted by molar-refractivity contribution is 6.29. The maximum atomic E-state index is 5.08. The standard InChI is InChI=1S/C53H37N3.C52H36N4/c1-53(2)44-25-15-14-24-42(44)48-40-22-12-13-23-41(40)49-43-32-38(30-31-47(43)56(51(49)50(48)53)39-20-10-5-11-21-39)34-26-28-37(29-27-34)52-54-45(35-16-6-3-7-17-35)33-46(55-52)36-18-8-4-9-19-36;1-52(2)43-25-15-14-24-41(43)45-39-22-12-13-23-40(39)46-42-32-37(30-31-44(42)56(48(46)47(45)52)38-20-10-5-11-21-38)33-26-28-36(29-27-33)51-54-49(34-16-6-3-7-17-34)53-50(55-51)35-18-8-4-9-19-35/h3-33H,1-2H3;3-32H,1-2H3. The summed E-state index contributed by atoms with van der Waals surface area (Å²) < 4.78 is 5.02. The molecule has 0 spiro atoms. The van der Waals surface area contributed by atoms with Crippen LogP contribution in [-0.4, -0.2) is 34.1 Å². The fraction of sp³-hybridized carbons (Fsp3) is 0.0571. The van der Waals surface area contributed by atoms with Crippen molar-refractivity contribution in [2.45, 2.75) is 38.5 Å². The van der Waals surface area contributed by atoms with Gasteiger partial charge in [-0.3, -0.25) is 0 Å². The maximum Gasteiger partial charge on any atom is 0.164 e. The fourth-order valence-corrected chi connectivity index (χ4v) is 18.2. The fourth-order valence-electron chi connectivity index (χ4n) is 18.2. The second-order valence-corrected chi connectivity index (χ2v) is 30.6. The number of rotatable bonds is 10. The molecular formula is C105H73N7. The van der Waals surface area contributed by atoms with Gasteiger partial charge >= 0.3 is 0 Å². The molecule has 4 aromatic heterocycles. The van der Waals surface area contributed by atoms with Crippen LogP contribution in [0.1, 0.15) is 49.9 Å². The number of nitrogens with zero attached hydrogens (tertiary/aromatic N) is 7. The summed E-state index contributed by atoms with van der Waals surface area (Å²) in [6.45, 7) is 9.58. The molecule has 0 saturated heterocycles. The highest BCUT2D eigenvalue weighted by atomic mass is 15.0. The quantitative estimate of drug-likeness (QED) is 0.136. The molecule has 2 aliphatic carbocycles. The largest absolute Gasteiger partial charge is 0.309 e. The third-order valence-corrected chi connectivity index (χ3v) is 23.4. The van der Waals surface area contributed by atoms with E-state index in [2.05, 4.69) is 334 Å². The van der Waals surface area contributed by atoms with Crippen LogP contribution in [0.5, 0.6) is 0 Å². The number of hydrogen-bond acceptors (Lipinski definition) is 5. The summed E-state index contributed by atoms with van der Waals surface area (Å²) in [7, 11) is 0. The highest BCUT2D eigenvalue weighted by Crippen LogP contribution is 2.59. The average Bonchev–Trinajstić information content (AvgIpc) is 1.52. The van der Waals surface area contributed by atoms with Crippen molar-refractivity contribution < 1.29 is 0 Å². The minimum atomic E-state index is -0.191. The van der Waals surface area contributed by atoms with Crippen molar-refractivity contribution in [3.8, 4) is 124 Å². The minimum Gasteiger partial charge on any atom is -0.309 e. The number of fused-ring (bicyclic) bond motifs is 20. The van der Waals surface area contributed by atoms with Crippen molar-refractivity contribution in [2.75, 3.05) is 0 Å². The van der Waals surface area contributed by atoms with E-state index in [0.29, 0.717) is 23.3 Å². The molecule has 0 unspecified atom stereocenters. The topological polar surface area (TPSA) is 74.3 Å². The molecule has 528 valence electrons. The van der Waals surface area contributed by atoms with Gasteiger partial charge in [0.25, 0.3) is 0 Å². The van der Waals surface area contributed by atoms with Gasteiger partial charge in [-0.25, -0.2) is 24.9 Å². The van der Waals surface area contributed by atoms with Crippen LogP contribution in [0.2, 0.25) is 0 Å². The Morgan fingerprint density at radius 1 is 0.223 bits per heavy atom. The van der Waals surface area contributed by atoms with E-state index in [0.717, 1.165) is 67.1 Å². The van der Waals surface area contributed by atoms with E-state index in [1.54, 1.807) is 0 Å². The molecule has 0 N–H and O–H groups in total. The molecule has 112 heavy (non-hydrogen) atoms. The number of para-hydroxylation sites is 2. The number of hydrogen-bond donors (Lipinski definition) is 0. The maximum absolute atomic E-state index is 5.08. The predicted octanol–water partition coefficient (Wildman–Crippen LogP) is 26.8. The van der Waals surface area contributed by atoms with E-state index in [1.807, 2.05) is 72.8 Å². The van der Waals surface area contributed by atoms with Gasteiger partial charge in [0.05, 0.1) is 33.5 Å². The van der Waals surface area contributed by atoms with Crippen molar-refractivity contribution in [3.63, 3.8) is 0 Å². The van der Waals surface area contributed by atoms with Gasteiger partial charge in [0.15, 0.2) is 23.3 Å². The normalized spacial score (nSPS) is 13.0. The van der Waals surface area contributed by atoms with Crippen LogP contribution in [0.3, 0.4) is 0 Å². The molecule has 2 aliphatic rings. The first-order chi connectivity index (χ1) is 55.1. The molecule has 0 saturated carbocycles. The molecule has 4 heterocycles. The lowest BCUT2D eigenvalue weighted by Crippen LogP contribution is -2.16. The lowest BCUT2D eigenvalue weighted by molar-refractivity contribution is 0.664. The molecule has 7 nitrogen and oxygen atoms in total. The van der Waals surface area contributed by atoms with Gasteiger partial charge in [0.1, 0.15) is 0 Å². The molecule has 16 aromatic carbocycles. The Hall–Kier alpha value is -14.3. The molecule has 20 aromatic rings. The summed E-state index contributed by atoms with van der Waals surface area (Å²) in [5.41, 5.74) is 30.3. The van der Waals surface area contributed by atoms with Crippen LogP contribution in [0.4, 0.5) is 0 Å². The smallest absolute Gasteiger partial charge is 0.164 e. The molecule has 0 amide bonds. The Labute approximate surface area is 649 Å². The highest BCUT2D eigenvalue weighted by Gasteiger charge is 2.42. The van der Waals surface area contributed by atoms with E-state index in [-0.39, 0.29) is 10.8 Å². The van der Waals surface area contributed by atoms with E-state index >= 15 is 0 Å². The summed E-state index contributed by atoms with van der Waals surface area (Å²) in [5.74, 6) is 2.67. The zero-order valence-corrected chi connectivity index (χ0v) is 62.3. The van der Waals surface area contributed by atoms with Crippen molar-refractivity contribution in [3.05, 3.63) is 392 Å². The third-order valence-electron chi connectivity index (χ3n) is 23.4. The Kier molecular flexibility index (Phi) is 15.5. The molecule has 7 heteroatoms. The van der Waals surface area contributed by atoms with Crippen molar-refractivity contribution >= 4 is 65.2 Å². The first-order valence-corrected chi connectivity index (χ1v) is 38.5. The van der Waals surface area contributed by atoms with Gasteiger partial charge in [-0.1, -0.05) is 343 Å². The van der Waals surface area contributed by atoms with Crippen LogP contribution in [0, 0.1) is 0 Å². The van der Waals surface area contributed by atoms with Gasteiger partial charge in [0.2, 0.25) is 0 Å². The van der Waals surface area contributed by atoms with Crippen LogP contribution in [-0.2, 0) is 10.8 Å². The SMILES string of the molecule is CC1(C)c2ccccc2-c2c1c1c(c3ccccc23)c2cc(-c3ccc(-c4nc(-c5ccccc5)cc(-c5ccccc5)n4)cc3)ccc2n1-c1ccccc1.CC1(C)c2ccccc2-c2c1c1c(c3ccccc23)c2cc(-c3ccc(-c4nc(-c5ccccc5)nc(-c5ccccc5)n4)cc3)ccc2n1-c1ccccc1. The summed E-state index contributed by atoms with van der Waals surface area (Å²) in [6.07, 6.45) is 0. The van der Waals surface area contributed by atoms with Crippen LogP contribution >= 0.6 is 0 Å². The summed E-state index contributed by atoms with van der Waals surface area (Å²) in [4.78, 5) is 25.0. The second-order valence-electron chi connectivity index (χ2n) is 30.6. The summed E-state index contributed by atoms with van der Waals surface area (Å²) >= 11 is 0. The van der Waals surface area contributed by atoms with Gasteiger partial charge in [-0.15, -0.1) is 0 Å². The van der Waals surface area contributed by atoms with Gasteiger partial charge in [-0.2, -0.15) is 0 Å². The van der Waals surface area contributed by atoms with Crippen molar-refractivity contribution in [1.29, 1.82) is 0 Å². The first kappa shape index (κ1) is 66.0. The molecular weight excluding hydrogens is 1360 g/mol. The Balaban J connectivity index is 0.000000141. The Bertz CT molecular complexity index is 6570. The summed E-state index contributed by atoms with van der Waals surface area (Å²) in [5, 5.41) is 10.3. The molecule has 0 bridgehead atoms. The number of benzene rings is 16. The number of aromatic nitrogens is 7. The Morgan fingerprint density at radius 3 is 0.884 bits per heavy atom. The van der Waals surface area contributed by atoms with Crippen LogP contribution in [0.25, 0.3) is 189 Å². The first-order valence-electron chi connectivity index (χ1n) is 38.5. The second kappa shape index (κ2) is 26.3. The van der Waals surface area contributed by atoms with Crippen molar-refractivity contribution in [1.82, 2.24) is 34.1 Å². The van der Waals surface area contributed by atoms with Crippen LogP contribution < -0.4 is 0 Å². The molecule has 0 aliphatic heterocycles. The molecule has 0 radical (unpaired) electrons. The predicted molar refractivity (Wildman–Crippen MR) is 464 cm³/mol. The molecule has 22 rings (SSSR count). The monoisotopic (exact) mass is 1430 g/mol. The van der Waals surface area contributed by atoms with E-state index in [1.165, 1.54) is 121 Å². The van der Waals surface area contributed by atoms with Gasteiger partial charge in [-0.05, 0) is 143 Å². The van der Waals surface area contributed by atoms with Gasteiger partial charge in [0, 0.05) is 77.1 Å². The van der Waals surface area contributed by atoms with E-state index < -0.39 is 0 Å². The lowest BCUT2D eigenvalue weighted by atomic mass is 9.80. The average molecular weight is 1430 g/mol.